The number of nitrogens with zero attached hydrogens (tertiary/aromatic N) is 4. The number of carboxylic acids is 1. The van der Waals surface area contributed by atoms with E-state index < -0.39 is 5.97 Å². The molecule has 2 rings (SSSR count). The zero-order valence-electron chi connectivity index (χ0n) is 11.5. The Morgan fingerprint density at radius 1 is 1.55 bits per heavy atom. The molecule has 2 aromatic heterocycles. The first-order valence-corrected chi connectivity index (χ1v) is 7.97. The highest BCUT2D eigenvalue weighted by Crippen LogP contribution is 2.29. The molecule has 108 valence electrons. The van der Waals surface area contributed by atoms with E-state index in [0.29, 0.717) is 22.2 Å². The van der Waals surface area contributed by atoms with Crippen molar-refractivity contribution in [3.8, 4) is 0 Å². The van der Waals surface area contributed by atoms with Crippen molar-refractivity contribution in [2.45, 2.75) is 37.4 Å². The maximum atomic E-state index is 11.0. The number of rotatable bonds is 6. The van der Waals surface area contributed by atoms with E-state index in [2.05, 4.69) is 28.9 Å². The van der Waals surface area contributed by atoms with E-state index in [1.807, 2.05) is 4.68 Å². The van der Waals surface area contributed by atoms with E-state index in [4.69, 9.17) is 5.11 Å². The maximum Gasteiger partial charge on any atom is 0.347 e. The van der Waals surface area contributed by atoms with E-state index in [9.17, 15) is 4.79 Å². The fourth-order valence-corrected chi connectivity index (χ4v) is 3.63. The normalized spacial score (nSPS) is 11.2. The summed E-state index contributed by atoms with van der Waals surface area (Å²) < 4.78 is 2.63. The van der Waals surface area contributed by atoms with Crippen molar-refractivity contribution >= 4 is 29.1 Å². The molecule has 0 aliphatic rings. The summed E-state index contributed by atoms with van der Waals surface area (Å²) in [6.07, 6.45) is 1.55. The number of aromatic nitrogens is 4. The van der Waals surface area contributed by atoms with Crippen LogP contribution in [-0.2, 0) is 12.3 Å². The third-order valence-corrected chi connectivity index (χ3v) is 4.81. The second-order valence-corrected chi connectivity index (χ2v) is 6.96. The first kappa shape index (κ1) is 15.0. The fraction of sp³-hybridized carbons (Fsp3) is 0.500. The lowest BCUT2D eigenvalue weighted by atomic mass is 10.2. The van der Waals surface area contributed by atoms with Crippen LogP contribution in [0.15, 0.2) is 10.7 Å². The average Bonchev–Trinajstić information content (AvgIpc) is 2.92. The molecule has 0 saturated carbocycles. The highest BCUT2D eigenvalue weighted by molar-refractivity contribution is 8.00. The van der Waals surface area contributed by atoms with E-state index in [1.54, 1.807) is 13.3 Å². The monoisotopic (exact) mass is 312 g/mol. The smallest absolute Gasteiger partial charge is 0.347 e. The number of aryl methyl sites for hydroxylation is 1. The predicted octanol–water partition coefficient (Wildman–Crippen LogP) is 2.69. The number of hydrogen-bond donors (Lipinski definition) is 1. The molecule has 2 aromatic rings. The van der Waals surface area contributed by atoms with Gasteiger partial charge in [0.15, 0.2) is 4.34 Å². The molecule has 0 bridgehead atoms. The summed E-state index contributed by atoms with van der Waals surface area (Å²) in [6, 6.07) is 0. The Hall–Kier alpha value is -1.41. The molecule has 0 aliphatic carbocycles. The molecule has 0 saturated heterocycles. The van der Waals surface area contributed by atoms with Gasteiger partial charge >= 0.3 is 5.97 Å². The summed E-state index contributed by atoms with van der Waals surface area (Å²) in [4.78, 5) is 19.8. The lowest BCUT2D eigenvalue weighted by molar-refractivity contribution is 0.0701. The number of carboxylic acid groups (broad SMARTS) is 1. The minimum atomic E-state index is -0.921. The quantitative estimate of drug-likeness (QED) is 0.826. The Balaban J connectivity index is 2.04. The van der Waals surface area contributed by atoms with Gasteiger partial charge in [0.2, 0.25) is 0 Å². The Kier molecular flexibility index (Phi) is 4.77. The minimum Gasteiger partial charge on any atom is -0.477 e. The molecule has 20 heavy (non-hydrogen) atoms. The van der Waals surface area contributed by atoms with Crippen molar-refractivity contribution in [2.24, 2.45) is 5.92 Å². The molecule has 2 heterocycles. The van der Waals surface area contributed by atoms with Gasteiger partial charge in [-0.1, -0.05) is 25.6 Å². The molecule has 1 N–H and O–H groups in total. The summed E-state index contributed by atoms with van der Waals surface area (Å²) in [5.74, 6) is 1.10. The molecular weight excluding hydrogens is 296 g/mol. The van der Waals surface area contributed by atoms with Gasteiger partial charge in [-0.2, -0.15) is 5.10 Å². The summed E-state index contributed by atoms with van der Waals surface area (Å²) in [6.45, 7) is 6.79. The van der Waals surface area contributed by atoms with Crippen molar-refractivity contribution in [3.63, 3.8) is 0 Å². The van der Waals surface area contributed by atoms with Crippen LogP contribution in [0.1, 0.15) is 35.0 Å². The molecule has 0 unspecified atom stereocenters. The third kappa shape index (κ3) is 3.57. The van der Waals surface area contributed by atoms with Gasteiger partial charge in [-0.3, -0.25) is 0 Å². The molecule has 0 spiro atoms. The highest BCUT2D eigenvalue weighted by atomic mass is 32.2. The number of hydrogen-bond acceptors (Lipinski definition) is 6. The van der Waals surface area contributed by atoms with Crippen LogP contribution in [0.3, 0.4) is 0 Å². The van der Waals surface area contributed by atoms with Gasteiger partial charge < -0.3 is 5.11 Å². The summed E-state index contributed by atoms with van der Waals surface area (Å²) >= 11 is 2.70. The van der Waals surface area contributed by atoms with Crippen LogP contribution in [0.2, 0.25) is 0 Å². The molecule has 0 atom stereocenters. The second kappa shape index (κ2) is 6.36. The third-order valence-electron chi connectivity index (χ3n) is 2.53. The van der Waals surface area contributed by atoms with Crippen LogP contribution in [0.5, 0.6) is 0 Å². The Bertz CT molecular complexity index is 606. The number of thiazole rings is 1. The zero-order chi connectivity index (χ0) is 14.7. The summed E-state index contributed by atoms with van der Waals surface area (Å²) in [7, 11) is 0. The largest absolute Gasteiger partial charge is 0.477 e. The van der Waals surface area contributed by atoms with Gasteiger partial charge in [0, 0.05) is 6.54 Å². The van der Waals surface area contributed by atoms with Crippen molar-refractivity contribution in [1.29, 1.82) is 0 Å². The Labute approximate surface area is 125 Å². The SMILES string of the molecule is Cc1nc(SCc2ncnn2CC(C)C)sc1C(=O)O. The van der Waals surface area contributed by atoms with Crippen LogP contribution < -0.4 is 0 Å². The van der Waals surface area contributed by atoms with Crippen molar-refractivity contribution in [3.05, 3.63) is 22.7 Å². The van der Waals surface area contributed by atoms with Crippen molar-refractivity contribution in [1.82, 2.24) is 19.7 Å². The molecule has 6 nitrogen and oxygen atoms in total. The standard InChI is InChI=1S/C12H16N4O2S2/c1-7(2)4-16-9(13-6-14-16)5-19-12-15-8(3)10(20-12)11(17)18/h6-7H,4-5H2,1-3H3,(H,17,18). The van der Waals surface area contributed by atoms with Gasteiger partial charge in [-0.25, -0.2) is 19.4 Å². The predicted molar refractivity (Wildman–Crippen MR) is 78.2 cm³/mol. The van der Waals surface area contributed by atoms with Crippen LogP contribution in [0.4, 0.5) is 0 Å². The Morgan fingerprint density at radius 2 is 2.30 bits per heavy atom. The fourth-order valence-electron chi connectivity index (χ4n) is 1.66. The number of thioether (sulfide) groups is 1. The summed E-state index contributed by atoms with van der Waals surface area (Å²) in [5, 5.41) is 13.2. The maximum absolute atomic E-state index is 11.0. The highest BCUT2D eigenvalue weighted by Gasteiger charge is 2.15. The molecule has 0 aliphatic heterocycles. The zero-order valence-corrected chi connectivity index (χ0v) is 13.2. The first-order valence-electron chi connectivity index (χ1n) is 6.17. The molecular formula is C12H16N4O2S2. The topological polar surface area (TPSA) is 80.9 Å². The Morgan fingerprint density at radius 3 is 2.90 bits per heavy atom. The van der Waals surface area contributed by atoms with Gasteiger partial charge in [0.05, 0.1) is 11.4 Å². The molecule has 0 amide bonds. The molecule has 0 aromatic carbocycles. The second-order valence-electron chi connectivity index (χ2n) is 4.74. The van der Waals surface area contributed by atoms with Crippen LogP contribution >= 0.6 is 23.1 Å². The van der Waals surface area contributed by atoms with Crippen molar-refractivity contribution in [2.75, 3.05) is 0 Å². The number of carbonyl (C=O) groups is 1. The van der Waals surface area contributed by atoms with E-state index in [-0.39, 0.29) is 0 Å². The van der Waals surface area contributed by atoms with E-state index in [0.717, 1.165) is 16.7 Å². The van der Waals surface area contributed by atoms with Gasteiger partial charge in [-0.15, -0.1) is 11.3 Å². The van der Waals surface area contributed by atoms with Crippen molar-refractivity contribution < 1.29 is 9.90 Å². The van der Waals surface area contributed by atoms with E-state index >= 15 is 0 Å². The van der Waals surface area contributed by atoms with Gasteiger partial charge in [-0.05, 0) is 12.8 Å². The first-order chi connectivity index (χ1) is 9.47. The van der Waals surface area contributed by atoms with Gasteiger partial charge in [0.25, 0.3) is 0 Å². The van der Waals surface area contributed by atoms with Crippen LogP contribution in [-0.4, -0.2) is 30.8 Å². The lowest BCUT2D eigenvalue weighted by Gasteiger charge is -2.07. The minimum absolute atomic E-state index is 0.302. The summed E-state index contributed by atoms with van der Waals surface area (Å²) in [5.41, 5.74) is 0.564. The van der Waals surface area contributed by atoms with E-state index in [1.165, 1.54) is 23.1 Å². The molecule has 0 fully saturated rings. The van der Waals surface area contributed by atoms with Crippen LogP contribution in [0, 0.1) is 12.8 Å². The van der Waals surface area contributed by atoms with Gasteiger partial charge in [0.1, 0.15) is 17.0 Å². The average molecular weight is 312 g/mol. The molecule has 0 radical (unpaired) electrons. The molecule has 8 heteroatoms. The van der Waals surface area contributed by atoms with Crippen LogP contribution in [0.25, 0.3) is 0 Å². The number of aromatic carboxylic acids is 1. The lowest BCUT2D eigenvalue weighted by Crippen LogP contribution is -2.09.